The predicted octanol–water partition coefficient (Wildman–Crippen LogP) is 1.09. The van der Waals surface area contributed by atoms with E-state index in [0.29, 0.717) is 11.1 Å². The first-order valence-electron chi connectivity index (χ1n) is 5.59. The second-order valence-electron chi connectivity index (χ2n) is 4.19. The average molecular weight is 247 g/mol. The van der Waals surface area contributed by atoms with Crippen molar-refractivity contribution in [3.8, 4) is 0 Å². The van der Waals surface area contributed by atoms with Gasteiger partial charge in [0.05, 0.1) is 24.2 Å². The SMILES string of the molecule is COC(=O)[C@H](C)CN1C(=O)c2ccccc2C1=O. The van der Waals surface area contributed by atoms with Crippen LogP contribution in [0.25, 0.3) is 0 Å². The number of fused-ring (bicyclic) bond motifs is 1. The molecule has 0 fully saturated rings. The fourth-order valence-electron chi connectivity index (χ4n) is 1.95. The molecule has 1 aromatic carbocycles. The van der Waals surface area contributed by atoms with Crippen LogP contribution in [0.15, 0.2) is 24.3 Å². The summed E-state index contributed by atoms with van der Waals surface area (Å²) in [6.45, 7) is 1.66. The molecule has 94 valence electrons. The molecule has 18 heavy (non-hydrogen) atoms. The van der Waals surface area contributed by atoms with Crippen LogP contribution >= 0.6 is 0 Å². The standard InChI is InChI=1S/C13H13NO4/c1-8(13(17)18-2)7-14-11(15)9-5-3-4-6-10(9)12(14)16/h3-6,8H,7H2,1-2H3/t8-/m1/s1. The van der Waals surface area contributed by atoms with E-state index in [2.05, 4.69) is 4.74 Å². The number of carbonyl (C=O) groups excluding carboxylic acids is 3. The van der Waals surface area contributed by atoms with Crippen LogP contribution in [-0.2, 0) is 9.53 Å². The molecule has 0 N–H and O–H groups in total. The van der Waals surface area contributed by atoms with Crippen LogP contribution in [0.1, 0.15) is 27.6 Å². The Labute approximate surface area is 104 Å². The molecule has 1 atom stereocenters. The van der Waals surface area contributed by atoms with Gasteiger partial charge in [-0.25, -0.2) is 0 Å². The van der Waals surface area contributed by atoms with E-state index in [1.165, 1.54) is 7.11 Å². The van der Waals surface area contributed by atoms with Gasteiger partial charge in [0.2, 0.25) is 0 Å². The number of hydrogen-bond donors (Lipinski definition) is 0. The molecule has 0 aromatic heterocycles. The minimum absolute atomic E-state index is 0.0407. The van der Waals surface area contributed by atoms with E-state index in [4.69, 9.17) is 0 Å². The summed E-state index contributed by atoms with van der Waals surface area (Å²) in [7, 11) is 1.28. The third-order valence-electron chi connectivity index (χ3n) is 2.94. The lowest BCUT2D eigenvalue weighted by molar-refractivity contribution is -0.144. The van der Waals surface area contributed by atoms with Gasteiger partial charge in [-0.05, 0) is 12.1 Å². The lowest BCUT2D eigenvalue weighted by Crippen LogP contribution is -2.36. The molecule has 1 aliphatic rings. The Balaban J connectivity index is 2.21. The van der Waals surface area contributed by atoms with E-state index >= 15 is 0 Å². The number of ether oxygens (including phenoxy) is 1. The van der Waals surface area contributed by atoms with Crippen molar-refractivity contribution < 1.29 is 19.1 Å². The van der Waals surface area contributed by atoms with E-state index in [-0.39, 0.29) is 18.4 Å². The summed E-state index contributed by atoms with van der Waals surface area (Å²) in [4.78, 5) is 36.4. The quantitative estimate of drug-likeness (QED) is 0.592. The molecular weight excluding hydrogens is 234 g/mol. The third kappa shape index (κ3) is 1.88. The van der Waals surface area contributed by atoms with Crippen LogP contribution < -0.4 is 0 Å². The lowest BCUT2D eigenvalue weighted by atomic mass is 10.1. The molecule has 5 nitrogen and oxygen atoms in total. The lowest BCUT2D eigenvalue weighted by Gasteiger charge is -2.17. The Morgan fingerprint density at radius 3 is 2.17 bits per heavy atom. The normalized spacial score (nSPS) is 15.6. The molecule has 0 saturated carbocycles. The highest BCUT2D eigenvalue weighted by Crippen LogP contribution is 2.23. The molecule has 0 aliphatic carbocycles. The zero-order chi connectivity index (χ0) is 13.3. The molecule has 0 radical (unpaired) electrons. The van der Waals surface area contributed by atoms with Crippen molar-refractivity contribution in [3.05, 3.63) is 35.4 Å². The van der Waals surface area contributed by atoms with Crippen molar-refractivity contribution in [2.24, 2.45) is 5.92 Å². The van der Waals surface area contributed by atoms with Crippen LogP contribution in [0, 0.1) is 5.92 Å². The van der Waals surface area contributed by atoms with Crippen LogP contribution in [0.5, 0.6) is 0 Å². The van der Waals surface area contributed by atoms with Crippen molar-refractivity contribution >= 4 is 17.8 Å². The molecule has 0 bridgehead atoms. The maximum atomic E-state index is 12.0. The van der Waals surface area contributed by atoms with E-state index in [1.807, 2.05) is 0 Å². The minimum Gasteiger partial charge on any atom is -0.469 e. The highest BCUT2D eigenvalue weighted by molar-refractivity contribution is 6.21. The summed E-state index contributed by atoms with van der Waals surface area (Å²) in [5.74, 6) is -1.68. The fourth-order valence-corrected chi connectivity index (χ4v) is 1.95. The Bertz CT molecular complexity index is 488. The molecule has 2 amide bonds. The van der Waals surface area contributed by atoms with Gasteiger partial charge >= 0.3 is 5.97 Å². The number of rotatable bonds is 3. The van der Waals surface area contributed by atoms with Crippen molar-refractivity contribution in [2.45, 2.75) is 6.92 Å². The molecule has 1 heterocycles. The number of carbonyl (C=O) groups is 3. The molecule has 5 heteroatoms. The maximum absolute atomic E-state index is 12.0. The van der Waals surface area contributed by atoms with Gasteiger partial charge in [0.25, 0.3) is 11.8 Å². The number of hydrogen-bond acceptors (Lipinski definition) is 4. The monoisotopic (exact) mass is 247 g/mol. The van der Waals surface area contributed by atoms with Gasteiger partial charge in [0.1, 0.15) is 0 Å². The maximum Gasteiger partial charge on any atom is 0.310 e. The third-order valence-corrected chi connectivity index (χ3v) is 2.94. The summed E-state index contributed by atoms with van der Waals surface area (Å²) >= 11 is 0. The number of benzene rings is 1. The summed E-state index contributed by atoms with van der Waals surface area (Å²) in [5.41, 5.74) is 0.777. The Hall–Kier alpha value is -2.17. The Morgan fingerprint density at radius 2 is 1.72 bits per heavy atom. The van der Waals surface area contributed by atoms with Crippen molar-refractivity contribution in [2.75, 3.05) is 13.7 Å². The van der Waals surface area contributed by atoms with Crippen molar-refractivity contribution in [1.29, 1.82) is 0 Å². The topological polar surface area (TPSA) is 63.7 Å². The summed E-state index contributed by atoms with van der Waals surface area (Å²) in [5, 5.41) is 0. The Morgan fingerprint density at radius 1 is 1.22 bits per heavy atom. The van der Waals surface area contributed by atoms with Crippen molar-refractivity contribution in [3.63, 3.8) is 0 Å². The predicted molar refractivity (Wildman–Crippen MR) is 63.0 cm³/mol. The van der Waals surface area contributed by atoms with Gasteiger partial charge in [0, 0.05) is 6.54 Å². The molecule has 1 aromatic rings. The highest BCUT2D eigenvalue weighted by atomic mass is 16.5. The van der Waals surface area contributed by atoms with Crippen LogP contribution in [0.3, 0.4) is 0 Å². The number of methoxy groups -OCH3 is 1. The number of nitrogens with zero attached hydrogens (tertiary/aromatic N) is 1. The zero-order valence-electron chi connectivity index (χ0n) is 10.2. The number of esters is 1. The van der Waals surface area contributed by atoms with E-state index in [9.17, 15) is 14.4 Å². The van der Waals surface area contributed by atoms with E-state index in [1.54, 1.807) is 31.2 Å². The first kappa shape index (κ1) is 12.3. The summed E-state index contributed by atoms with van der Waals surface area (Å²) < 4.78 is 4.58. The summed E-state index contributed by atoms with van der Waals surface area (Å²) in [6, 6.07) is 6.63. The fraction of sp³-hybridized carbons (Fsp3) is 0.308. The van der Waals surface area contributed by atoms with E-state index < -0.39 is 11.9 Å². The van der Waals surface area contributed by atoms with Crippen LogP contribution in [-0.4, -0.2) is 36.3 Å². The average Bonchev–Trinajstić information content (AvgIpc) is 2.63. The van der Waals surface area contributed by atoms with Gasteiger partial charge in [-0.1, -0.05) is 19.1 Å². The van der Waals surface area contributed by atoms with Gasteiger partial charge < -0.3 is 4.74 Å². The molecule has 2 rings (SSSR count). The van der Waals surface area contributed by atoms with Gasteiger partial charge in [-0.2, -0.15) is 0 Å². The van der Waals surface area contributed by atoms with Gasteiger partial charge in [-0.15, -0.1) is 0 Å². The second kappa shape index (κ2) is 4.60. The number of amides is 2. The minimum atomic E-state index is -0.530. The zero-order valence-corrected chi connectivity index (χ0v) is 10.2. The smallest absolute Gasteiger partial charge is 0.310 e. The summed E-state index contributed by atoms with van der Waals surface area (Å²) in [6.07, 6.45) is 0. The number of imide groups is 1. The molecule has 0 saturated heterocycles. The van der Waals surface area contributed by atoms with Gasteiger partial charge in [0.15, 0.2) is 0 Å². The van der Waals surface area contributed by atoms with Crippen LogP contribution in [0.2, 0.25) is 0 Å². The molecule has 0 spiro atoms. The van der Waals surface area contributed by atoms with E-state index in [0.717, 1.165) is 4.90 Å². The van der Waals surface area contributed by atoms with Gasteiger partial charge in [-0.3, -0.25) is 19.3 Å². The molecule has 0 unspecified atom stereocenters. The largest absolute Gasteiger partial charge is 0.469 e. The first-order chi connectivity index (χ1) is 8.56. The molecular formula is C13H13NO4. The van der Waals surface area contributed by atoms with Crippen molar-refractivity contribution in [1.82, 2.24) is 4.90 Å². The second-order valence-corrected chi connectivity index (χ2v) is 4.19. The molecule has 1 aliphatic heterocycles. The first-order valence-corrected chi connectivity index (χ1v) is 5.59. The van der Waals surface area contributed by atoms with Crippen LogP contribution in [0.4, 0.5) is 0 Å². The highest BCUT2D eigenvalue weighted by Gasteiger charge is 2.36. The Kier molecular flexibility index (Phi) is 3.14.